The number of fused-ring (bicyclic) bond motifs is 6. The van der Waals surface area contributed by atoms with E-state index in [0.717, 1.165) is 11.1 Å². The molecular weight excluding hydrogens is 537 g/mol. The molecule has 3 aliphatic rings. The van der Waals surface area contributed by atoms with Crippen LogP contribution >= 0.6 is 0 Å². The van der Waals surface area contributed by atoms with Crippen molar-refractivity contribution in [1.29, 1.82) is 0 Å². The van der Waals surface area contributed by atoms with E-state index in [-0.39, 0.29) is 16.8 Å². The highest BCUT2D eigenvalue weighted by molar-refractivity contribution is 6.16. The van der Waals surface area contributed by atoms with Gasteiger partial charge < -0.3 is 10.2 Å². The fourth-order valence-corrected chi connectivity index (χ4v) is 6.88. The van der Waals surface area contributed by atoms with Gasteiger partial charge in [0.1, 0.15) is 17.3 Å². The fourth-order valence-electron chi connectivity index (χ4n) is 6.88. The number of rotatable bonds is 5. The number of halogens is 1. The summed E-state index contributed by atoms with van der Waals surface area (Å²) >= 11 is 0. The predicted molar refractivity (Wildman–Crippen MR) is 152 cm³/mol. The first-order chi connectivity index (χ1) is 20.3. The number of hydrogen-bond donors (Lipinski definition) is 1. The molecule has 4 aromatic rings. The number of para-hydroxylation sites is 1. The summed E-state index contributed by atoms with van der Waals surface area (Å²) in [6.45, 7) is 0. The van der Waals surface area contributed by atoms with E-state index in [9.17, 15) is 28.9 Å². The van der Waals surface area contributed by atoms with Gasteiger partial charge in [0.05, 0.1) is 16.9 Å². The van der Waals surface area contributed by atoms with Gasteiger partial charge in [0, 0.05) is 35.1 Å². The lowest BCUT2D eigenvalue weighted by molar-refractivity contribution is -0.384. The molecule has 4 aromatic carbocycles. The van der Waals surface area contributed by atoms with Gasteiger partial charge in [0.2, 0.25) is 5.91 Å². The van der Waals surface area contributed by atoms with Gasteiger partial charge in [0.25, 0.3) is 5.69 Å². The van der Waals surface area contributed by atoms with E-state index in [0.29, 0.717) is 11.3 Å². The lowest BCUT2D eigenvalue weighted by Gasteiger charge is -2.38. The Kier molecular flexibility index (Phi) is 5.65. The van der Waals surface area contributed by atoms with Crippen molar-refractivity contribution >= 4 is 34.9 Å². The number of benzene rings is 4. The van der Waals surface area contributed by atoms with Gasteiger partial charge in [-0.05, 0) is 65.2 Å². The van der Waals surface area contributed by atoms with Crippen LogP contribution in [0.3, 0.4) is 0 Å². The SMILES string of the molecule is O=C(c1ccc(F)cc1)[C@@H]1[C@@H](C(=O)c2ccc([N+](=O)[O-])cc2)[C@@]2(C(=O)Nc3ccccc32)[C@H]2c3ccccc3C=CN12. The van der Waals surface area contributed by atoms with Crippen LogP contribution < -0.4 is 5.32 Å². The summed E-state index contributed by atoms with van der Waals surface area (Å²) in [5, 5.41) is 14.3. The number of carbonyl (C=O) groups excluding carboxylic acids is 3. The lowest BCUT2D eigenvalue weighted by Crippen LogP contribution is -2.49. The molecule has 4 atom stereocenters. The van der Waals surface area contributed by atoms with E-state index in [4.69, 9.17) is 0 Å². The minimum atomic E-state index is -1.53. The average molecular weight is 560 g/mol. The molecular formula is C33H22FN3O5. The summed E-state index contributed by atoms with van der Waals surface area (Å²) in [5.74, 6) is -3.11. The van der Waals surface area contributed by atoms with Crippen LogP contribution in [0.4, 0.5) is 15.8 Å². The van der Waals surface area contributed by atoms with Crippen LogP contribution in [-0.2, 0) is 10.2 Å². The van der Waals surface area contributed by atoms with E-state index in [1.165, 1.54) is 48.5 Å². The molecule has 1 fully saturated rings. The topological polar surface area (TPSA) is 110 Å². The number of nitro groups is 1. The molecule has 0 saturated carbocycles. The lowest BCUT2D eigenvalue weighted by atomic mass is 9.62. The van der Waals surface area contributed by atoms with E-state index >= 15 is 0 Å². The number of nitrogens with zero attached hydrogens (tertiary/aromatic N) is 2. The fraction of sp³-hybridized carbons (Fsp3) is 0.121. The van der Waals surface area contributed by atoms with Crippen molar-refractivity contribution in [3.05, 3.63) is 147 Å². The molecule has 8 nitrogen and oxygen atoms in total. The maximum Gasteiger partial charge on any atom is 0.269 e. The van der Waals surface area contributed by atoms with E-state index in [1.54, 1.807) is 35.4 Å². The Labute approximate surface area is 239 Å². The van der Waals surface area contributed by atoms with Crippen molar-refractivity contribution in [3.8, 4) is 0 Å². The molecule has 1 N–H and O–H groups in total. The Morgan fingerprint density at radius 1 is 0.857 bits per heavy atom. The quantitative estimate of drug-likeness (QED) is 0.190. The molecule has 0 bridgehead atoms. The minimum Gasteiger partial charge on any atom is -0.358 e. The van der Waals surface area contributed by atoms with Crippen LogP contribution in [0.1, 0.15) is 43.4 Å². The largest absolute Gasteiger partial charge is 0.358 e. The normalized spacial score (nSPS) is 23.2. The number of anilines is 1. The molecule has 7 rings (SSSR count). The van der Waals surface area contributed by atoms with Crippen molar-refractivity contribution in [3.63, 3.8) is 0 Å². The Balaban J connectivity index is 1.51. The average Bonchev–Trinajstić information content (AvgIpc) is 3.49. The highest BCUT2D eigenvalue weighted by atomic mass is 19.1. The maximum absolute atomic E-state index is 14.7. The van der Waals surface area contributed by atoms with Gasteiger partial charge in [-0.25, -0.2) is 4.39 Å². The smallest absolute Gasteiger partial charge is 0.269 e. The molecule has 1 saturated heterocycles. The van der Waals surface area contributed by atoms with Crippen LogP contribution in [0.2, 0.25) is 0 Å². The first-order valence-electron chi connectivity index (χ1n) is 13.4. The first-order valence-corrected chi connectivity index (χ1v) is 13.4. The van der Waals surface area contributed by atoms with Crippen LogP contribution in [0.25, 0.3) is 6.08 Å². The zero-order valence-corrected chi connectivity index (χ0v) is 21.9. The summed E-state index contributed by atoms with van der Waals surface area (Å²) < 4.78 is 13.8. The van der Waals surface area contributed by atoms with Crippen molar-refractivity contribution < 1.29 is 23.7 Å². The second kappa shape index (κ2) is 9.31. The van der Waals surface area contributed by atoms with Crippen molar-refractivity contribution in [2.45, 2.75) is 17.5 Å². The van der Waals surface area contributed by atoms with Crippen LogP contribution in [-0.4, -0.2) is 33.3 Å². The summed E-state index contributed by atoms with van der Waals surface area (Å²) in [7, 11) is 0. The number of amides is 1. The summed E-state index contributed by atoms with van der Waals surface area (Å²) in [4.78, 5) is 56.0. The third-order valence-electron chi connectivity index (χ3n) is 8.61. The molecule has 1 spiro atoms. The molecule has 3 aliphatic heterocycles. The standard InChI is InChI=1S/C33H22FN3O5/c34-22-13-9-21(10-14-22)30(39)28-27(29(38)20-11-15-23(16-12-20)37(41)42)33(25-7-3-4-8-26(25)35-32(33)40)31-24-6-2-1-5-19(24)17-18-36(28)31/h1-18,27-28,31H,(H,35,40)/t27-,28-,31+,33+/m0/s1. The molecule has 0 unspecified atom stereocenters. The highest BCUT2D eigenvalue weighted by Gasteiger charge is 2.70. The van der Waals surface area contributed by atoms with Gasteiger partial charge in [0.15, 0.2) is 11.6 Å². The monoisotopic (exact) mass is 559 g/mol. The highest BCUT2D eigenvalue weighted by Crippen LogP contribution is 2.62. The molecule has 1 amide bonds. The Bertz CT molecular complexity index is 1840. The van der Waals surface area contributed by atoms with E-state index in [1.807, 2.05) is 30.3 Å². The Morgan fingerprint density at radius 2 is 1.50 bits per heavy atom. The maximum atomic E-state index is 14.7. The Hall–Kier alpha value is -5.44. The number of non-ortho nitro benzene ring substituents is 1. The van der Waals surface area contributed by atoms with Crippen LogP contribution in [0, 0.1) is 21.8 Å². The number of nitro benzene ring substituents is 1. The minimum absolute atomic E-state index is 0.135. The number of nitrogens with one attached hydrogen (secondary N) is 1. The van der Waals surface area contributed by atoms with E-state index in [2.05, 4.69) is 5.32 Å². The third-order valence-corrected chi connectivity index (χ3v) is 8.61. The summed E-state index contributed by atoms with van der Waals surface area (Å²) in [6.07, 6.45) is 3.60. The second-order valence-electron chi connectivity index (χ2n) is 10.6. The predicted octanol–water partition coefficient (Wildman–Crippen LogP) is 5.72. The molecule has 42 heavy (non-hydrogen) atoms. The number of Topliss-reactive ketones (excluding diaryl/α,β-unsaturated/α-hetero) is 2. The molecule has 9 heteroatoms. The zero-order valence-electron chi connectivity index (χ0n) is 21.9. The Morgan fingerprint density at radius 3 is 2.24 bits per heavy atom. The molecule has 0 aromatic heterocycles. The molecule has 0 aliphatic carbocycles. The van der Waals surface area contributed by atoms with Gasteiger partial charge in [-0.15, -0.1) is 0 Å². The zero-order chi connectivity index (χ0) is 29.2. The van der Waals surface area contributed by atoms with E-state index < -0.39 is 51.6 Å². The van der Waals surface area contributed by atoms with Crippen molar-refractivity contribution in [1.82, 2.24) is 4.90 Å². The molecule has 206 valence electrons. The third kappa shape index (κ3) is 3.49. The van der Waals surface area contributed by atoms with Gasteiger partial charge >= 0.3 is 0 Å². The number of hydrogen-bond acceptors (Lipinski definition) is 6. The van der Waals surface area contributed by atoms with Gasteiger partial charge in [-0.3, -0.25) is 24.5 Å². The molecule has 0 radical (unpaired) electrons. The first kappa shape index (κ1) is 25.5. The van der Waals surface area contributed by atoms with Crippen LogP contribution in [0.5, 0.6) is 0 Å². The summed E-state index contributed by atoms with van der Waals surface area (Å²) in [6, 6.07) is 23.1. The van der Waals surface area contributed by atoms with Crippen LogP contribution in [0.15, 0.2) is 103 Å². The summed E-state index contributed by atoms with van der Waals surface area (Å²) in [5.41, 5.74) is 1.38. The number of ketones is 2. The second-order valence-corrected chi connectivity index (χ2v) is 10.6. The van der Waals surface area contributed by atoms with Gasteiger partial charge in [-0.1, -0.05) is 42.5 Å². The molecule has 3 heterocycles. The van der Waals surface area contributed by atoms with Crippen molar-refractivity contribution in [2.24, 2.45) is 5.92 Å². The van der Waals surface area contributed by atoms with Gasteiger partial charge in [-0.2, -0.15) is 0 Å². The number of carbonyl (C=O) groups is 3. The van der Waals surface area contributed by atoms with Crippen molar-refractivity contribution in [2.75, 3.05) is 5.32 Å².